The molecule has 0 aliphatic carbocycles. The van der Waals surface area contributed by atoms with Gasteiger partial charge in [0.1, 0.15) is 11.6 Å². The largest absolute Gasteiger partial charge is 0.331 e. The summed E-state index contributed by atoms with van der Waals surface area (Å²) in [4.78, 5) is 1.77. The Kier molecular flexibility index (Phi) is 6.88. The van der Waals surface area contributed by atoms with Crippen molar-refractivity contribution in [2.45, 2.75) is 26.3 Å². The minimum atomic E-state index is -0.607. The van der Waals surface area contributed by atoms with Crippen LogP contribution >= 0.6 is 0 Å². The molecule has 41 heavy (non-hydrogen) atoms. The normalized spacial score (nSPS) is 11.5. The summed E-state index contributed by atoms with van der Waals surface area (Å²) >= 11 is 0. The van der Waals surface area contributed by atoms with Crippen molar-refractivity contribution in [2.75, 3.05) is 4.90 Å². The van der Waals surface area contributed by atoms with E-state index >= 15 is 8.78 Å². The highest BCUT2D eigenvalue weighted by atomic mass is 19.1. The lowest BCUT2D eigenvalue weighted by Crippen LogP contribution is -2.39. The average Bonchev–Trinajstić information content (AvgIpc) is 2.98. The van der Waals surface area contributed by atoms with Crippen molar-refractivity contribution in [2.24, 2.45) is 0 Å². The Hall–Kier alpha value is -4.76. The molecule has 0 atom stereocenters. The van der Waals surface area contributed by atoms with Crippen molar-refractivity contribution < 1.29 is 8.78 Å². The Bertz CT molecular complexity index is 1850. The quantitative estimate of drug-likeness (QED) is 0.211. The van der Waals surface area contributed by atoms with Gasteiger partial charge in [0.2, 0.25) is 0 Å². The third-order valence-corrected chi connectivity index (χ3v) is 7.41. The lowest BCUT2D eigenvalue weighted by Gasteiger charge is -2.39. The first-order valence-electron chi connectivity index (χ1n) is 13.8. The molecule has 0 heterocycles. The molecule has 0 amide bonds. The van der Waals surface area contributed by atoms with Crippen LogP contribution in [0.1, 0.15) is 20.8 Å². The molecule has 0 bridgehead atoms. The van der Waals surface area contributed by atoms with Gasteiger partial charge in [-0.1, -0.05) is 97.1 Å². The standard InChI is InChI=1S/C38H31F2N/c1-38(2,3)41(36-19-10-9-18-34(36)39)37-33(27-13-5-4-6-14-27)24-32(25-35(37)40)30-17-11-16-29(23-30)31-21-20-26-12-7-8-15-28(26)22-31/h4-25H,1-3H3. The van der Waals surface area contributed by atoms with E-state index < -0.39 is 17.2 Å². The Balaban J connectivity index is 1.53. The summed E-state index contributed by atoms with van der Waals surface area (Å²) in [5.74, 6) is -0.802. The molecule has 202 valence electrons. The van der Waals surface area contributed by atoms with E-state index in [9.17, 15) is 0 Å². The van der Waals surface area contributed by atoms with E-state index in [1.165, 1.54) is 16.8 Å². The minimum Gasteiger partial charge on any atom is -0.331 e. The van der Waals surface area contributed by atoms with Gasteiger partial charge in [-0.15, -0.1) is 0 Å². The van der Waals surface area contributed by atoms with Gasteiger partial charge < -0.3 is 4.90 Å². The monoisotopic (exact) mass is 539 g/mol. The average molecular weight is 540 g/mol. The summed E-state index contributed by atoms with van der Waals surface area (Å²) < 4.78 is 31.7. The minimum absolute atomic E-state index is 0.335. The fourth-order valence-electron chi connectivity index (χ4n) is 5.53. The van der Waals surface area contributed by atoms with E-state index in [1.54, 1.807) is 29.2 Å². The summed E-state index contributed by atoms with van der Waals surface area (Å²) in [7, 11) is 0. The van der Waals surface area contributed by atoms with Gasteiger partial charge in [0, 0.05) is 11.1 Å². The van der Waals surface area contributed by atoms with Gasteiger partial charge in [-0.05, 0) is 95.8 Å². The van der Waals surface area contributed by atoms with Gasteiger partial charge in [-0.2, -0.15) is 0 Å². The highest BCUT2D eigenvalue weighted by molar-refractivity contribution is 5.90. The number of rotatable bonds is 5. The van der Waals surface area contributed by atoms with Crippen LogP contribution in [-0.4, -0.2) is 5.54 Å². The highest BCUT2D eigenvalue weighted by Crippen LogP contribution is 2.44. The second-order valence-electron chi connectivity index (χ2n) is 11.3. The van der Waals surface area contributed by atoms with Gasteiger partial charge in [-0.3, -0.25) is 0 Å². The number of fused-ring (bicyclic) bond motifs is 1. The number of hydrogen-bond donors (Lipinski definition) is 0. The van der Waals surface area contributed by atoms with Gasteiger partial charge in [0.05, 0.1) is 11.4 Å². The lowest BCUT2D eigenvalue weighted by atomic mass is 9.92. The third kappa shape index (κ3) is 5.24. The Morgan fingerprint density at radius 1 is 0.463 bits per heavy atom. The van der Waals surface area contributed by atoms with E-state index in [0.717, 1.165) is 27.8 Å². The molecule has 0 aliphatic rings. The predicted octanol–water partition coefficient (Wildman–Crippen LogP) is 11.1. The van der Waals surface area contributed by atoms with Crippen molar-refractivity contribution in [3.05, 3.63) is 145 Å². The molecule has 1 nitrogen and oxygen atoms in total. The van der Waals surface area contributed by atoms with Crippen LogP contribution in [0.2, 0.25) is 0 Å². The topological polar surface area (TPSA) is 3.24 Å². The van der Waals surface area contributed by atoms with Crippen molar-refractivity contribution in [3.8, 4) is 33.4 Å². The van der Waals surface area contributed by atoms with E-state index in [0.29, 0.717) is 16.9 Å². The zero-order valence-electron chi connectivity index (χ0n) is 23.4. The molecule has 6 aromatic carbocycles. The molecular formula is C38H31F2N. The molecule has 0 aliphatic heterocycles. The van der Waals surface area contributed by atoms with Crippen LogP contribution in [0.25, 0.3) is 44.2 Å². The second-order valence-corrected chi connectivity index (χ2v) is 11.3. The maximum absolute atomic E-state index is 16.5. The van der Waals surface area contributed by atoms with E-state index in [2.05, 4.69) is 42.5 Å². The summed E-state index contributed by atoms with van der Waals surface area (Å²) in [6.07, 6.45) is 0. The second kappa shape index (κ2) is 10.7. The number of hydrogen-bond acceptors (Lipinski definition) is 1. The molecule has 0 saturated carbocycles. The van der Waals surface area contributed by atoms with Gasteiger partial charge in [-0.25, -0.2) is 8.78 Å². The van der Waals surface area contributed by atoms with Crippen LogP contribution in [-0.2, 0) is 0 Å². The van der Waals surface area contributed by atoms with Crippen molar-refractivity contribution in [3.63, 3.8) is 0 Å². The Morgan fingerprint density at radius 3 is 1.80 bits per heavy atom. The summed E-state index contributed by atoms with van der Waals surface area (Å²) in [5.41, 5.74) is 5.47. The summed E-state index contributed by atoms with van der Waals surface area (Å²) in [6.45, 7) is 5.90. The number of halogens is 2. The predicted molar refractivity (Wildman–Crippen MR) is 169 cm³/mol. The first-order chi connectivity index (χ1) is 19.8. The first-order valence-corrected chi connectivity index (χ1v) is 13.8. The fraction of sp³-hybridized carbons (Fsp3) is 0.105. The molecule has 0 radical (unpaired) electrons. The molecule has 0 unspecified atom stereocenters. The van der Waals surface area contributed by atoms with E-state index in [4.69, 9.17) is 0 Å². The number of benzene rings is 6. The van der Waals surface area contributed by atoms with Gasteiger partial charge in [0.25, 0.3) is 0 Å². The molecular weight excluding hydrogens is 508 g/mol. The van der Waals surface area contributed by atoms with Crippen LogP contribution in [0.5, 0.6) is 0 Å². The zero-order chi connectivity index (χ0) is 28.6. The molecule has 0 aromatic heterocycles. The zero-order valence-corrected chi connectivity index (χ0v) is 23.4. The van der Waals surface area contributed by atoms with Crippen molar-refractivity contribution in [1.82, 2.24) is 0 Å². The molecule has 0 saturated heterocycles. The summed E-state index contributed by atoms with van der Waals surface area (Å²) in [5, 5.41) is 2.36. The van der Waals surface area contributed by atoms with Crippen LogP contribution in [0.4, 0.5) is 20.2 Å². The van der Waals surface area contributed by atoms with Crippen molar-refractivity contribution in [1.29, 1.82) is 0 Å². The Morgan fingerprint density at radius 2 is 1.07 bits per heavy atom. The lowest BCUT2D eigenvalue weighted by molar-refractivity contribution is 0.527. The van der Waals surface area contributed by atoms with Gasteiger partial charge in [0.15, 0.2) is 0 Å². The Labute approximate surface area is 240 Å². The molecule has 6 aromatic rings. The SMILES string of the molecule is CC(C)(C)N(c1ccccc1F)c1c(F)cc(-c2cccc(-c3ccc4ccccc4c3)c2)cc1-c1ccccc1. The summed E-state index contributed by atoms with van der Waals surface area (Å²) in [6, 6.07) is 42.8. The first kappa shape index (κ1) is 26.5. The molecule has 0 fully saturated rings. The number of para-hydroxylation sites is 1. The van der Waals surface area contributed by atoms with Crippen LogP contribution in [0.15, 0.2) is 133 Å². The molecule has 6 rings (SSSR count). The van der Waals surface area contributed by atoms with E-state index in [1.807, 2.05) is 81.4 Å². The van der Waals surface area contributed by atoms with Crippen LogP contribution in [0, 0.1) is 11.6 Å². The smallest absolute Gasteiger partial charge is 0.148 e. The molecule has 3 heteroatoms. The van der Waals surface area contributed by atoms with E-state index in [-0.39, 0.29) is 0 Å². The van der Waals surface area contributed by atoms with Crippen LogP contribution in [0.3, 0.4) is 0 Å². The molecule has 0 N–H and O–H groups in total. The number of nitrogens with zero attached hydrogens (tertiary/aromatic N) is 1. The fourth-order valence-corrected chi connectivity index (χ4v) is 5.53. The van der Waals surface area contributed by atoms with Crippen LogP contribution < -0.4 is 4.90 Å². The number of anilines is 2. The maximum Gasteiger partial charge on any atom is 0.148 e. The van der Waals surface area contributed by atoms with Gasteiger partial charge >= 0.3 is 0 Å². The van der Waals surface area contributed by atoms with Crippen molar-refractivity contribution >= 4 is 22.1 Å². The maximum atomic E-state index is 16.5. The third-order valence-electron chi connectivity index (χ3n) is 7.41. The molecule has 0 spiro atoms. The highest BCUT2D eigenvalue weighted by Gasteiger charge is 2.31.